The SMILES string of the molecule is CCOC(=O)Cc1ccc(-c2nc(COc3ccc(COc4nn(-c5ccccc5)cc4/C=C\c4csc(CC)n4)cc3OC)c(C)o2)cc1. The van der Waals surface area contributed by atoms with E-state index in [1.165, 1.54) is 0 Å². The highest BCUT2D eigenvalue weighted by molar-refractivity contribution is 7.09. The van der Waals surface area contributed by atoms with E-state index in [-0.39, 0.29) is 25.6 Å². The van der Waals surface area contributed by atoms with Gasteiger partial charge < -0.3 is 23.4 Å². The van der Waals surface area contributed by atoms with Gasteiger partial charge in [0.15, 0.2) is 11.5 Å². The number of carbonyl (C=O) groups is 1. The molecule has 6 aromatic rings. The van der Waals surface area contributed by atoms with E-state index < -0.39 is 0 Å². The van der Waals surface area contributed by atoms with Crippen molar-refractivity contribution in [3.8, 4) is 34.5 Å². The van der Waals surface area contributed by atoms with Crippen molar-refractivity contribution in [1.29, 1.82) is 0 Å². The normalized spacial score (nSPS) is 11.2. The number of ether oxygens (including phenoxy) is 4. The van der Waals surface area contributed by atoms with Crippen molar-refractivity contribution in [2.45, 2.75) is 46.8 Å². The zero-order valence-corrected chi connectivity index (χ0v) is 29.2. The summed E-state index contributed by atoms with van der Waals surface area (Å²) >= 11 is 1.65. The fourth-order valence-corrected chi connectivity index (χ4v) is 5.81. The first kappa shape index (κ1) is 34.2. The highest BCUT2D eigenvalue weighted by atomic mass is 32.1. The minimum absolute atomic E-state index is 0.188. The number of benzene rings is 3. The lowest BCUT2D eigenvalue weighted by atomic mass is 10.1. The van der Waals surface area contributed by atoms with Crippen LogP contribution in [0.5, 0.6) is 17.4 Å². The second kappa shape index (κ2) is 16.1. The lowest BCUT2D eigenvalue weighted by molar-refractivity contribution is -0.142. The molecular weight excluding hydrogens is 653 g/mol. The molecule has 0 fully saturated rings. The van der Waals surface area contributed by atoms with Crippen molar-refractivity contribution in [3.05, 3.63) is 123 Å². The predicted octanol–water partition coefficient (Wildman–Crippen LogP) is 8.30. The standard InChI is InChI=1S/C39H38N4O6S/c1-5-36-40-31(25-50-36)18-17-30-22-43(32-10-8-7-9-11-32)42-39(30)48-23-28-14-19-34(35(20-28)45-4)47-24-33-26(3)49-38(41-33)29-15-12-27(13-16-29)21-37(44)46-6-2/h7-20,22,25H,5-6,21,23-24H2,1-4H3/b18-17-. The average Bonchev–Trinajstić information content (AvgIpc) is 3.88. The molecule has 0 saturated heterocycles. The predicted molar refractivity (Wildman–Crippen MR) is 193 cm³/mol. The van der Waals surface area contributed by atoms with Crippen LogP contribution in [0, 0.1) is 6.92 Å². The zero-order valence-electron chi connectivity index (χ0n) is 28.4. The molecule has 0 aliphatic rings. The quantitative estimate of drug-likeness (QED) is 0.0983. The van der Waals surface area contributed by atoms with Gasteiger partial charge in [-0.3, -0.25) is 4.79 Å². The second-order valence-electron chi connectivity index (χ2n) is 11.3. The van der Waals surface area contributed by atoms with Gasteiger partial charge in [-0.05, 0) is 79.9 Å². The van der Waals surface area contributed by atoms with Gasteiger partial charge in [0.05, 0.1) is 42.1 Å². The van der Waals surface area contributed by atoms with Gasteiger partial charge in [0.1, 0.15) is 24.7 Å². The molecule has 0 aliphatic carbocycles. The van der Waals surface area contributed by atoms with E-state index in [0.29, 0.717) is 41.3 Å². The Balaban J connectivity index is 1.12. The molecule has 0 spiro atoms. The number of aryl methyl sites for hydroxylation is 2. The summed E-state index contributed by atoms with van der Waals surface area (Å²) in [6.07, 6.45) is 7.03. The molecule has 0 saturated carbocycles. The first-order valence-electron chi connectivity index (χ1n) is 16.3. The van der Waals surface area contributed by atoms with Crippen molar-refractivity contribution in [1.82, 2.24) is 19.7 Å². The van der Waals surface area contributed by atoms with Gasteiger partial charge in [-0.2, -0.15) is 0 Å². The van der Waals surface area contributed by atoms with Crippen LogP contribution in [0.3, 0.4) is 0 Å². The maximum atomic E-state index is 11.8. The number of nitrogens with zero attached hydrogens (tertiary/aromatic N) is 4. The molecule has 3 aromatic carbocycles. The molecule has 6 rings (SSSR count). The van der Waals surface area contributed by atoms with E-state index in [0.717, 1.165) is 45.1 Å². The minimum Gasteiger partial charge on any atom is -0.493 e. The summed E-state index contributed by atoms with van der Waals surface area (Å²) < 4.78 is 30.9. The number of methoxy groups -OCH3 is 1. The number of carbonyl (C=O) groups excluding carboxylic acids is 1. The highest BCUT2D eigenvalue weighted by Gasteiger charge is 2.16. The van der Waals surface area contributed by atoms with Crippen molar-refractivity contribution in [3.63, 3.8) is 0 Å². The molecule has 0 amide bonds. The van der Waals surface area contributed by atoms with Crippen LogP contribution in [0.1, 0.15) is 52.7 Å². The molecular formula is C39H38N4O6S. The highest BCUT2D eigenvalue weighted by Crippen LogP contribution is 2.31. The molecule has 3 aromatic heterocycles. The molecule has 0 N–H and O–H groups in total. The number of thiazole rings is 1. The average molecular weight is 691 g/mol. The summed E-state index contributed by atoms with van der Waals surface area (Å²) in [6.45, 7) is 6.56. The summed E-state index contributed by atoms with van der Waals surface area (Å²) in [6, 6.07) is 23.1. The van der Waals surface area contributed by atoms with Crippen molar-refractivity contribution in [2.24, 2.45) is 0 Å². The molecule has 50 heavy (non-hydrogen) atoms. The van der Waals surface area contributed by atoms with Gasteiger partial charge in [0.2, 0.25) is 11.8 Å². The number of oxazole rings is 1. The molecule has 0 bridgehead atoms. The Morgan fingerprint density at radius 2 is 1.72 bits per heavy atom. The Kier molecular flexibility index (Phi) is 11.0. The van der Waals surface area contributed by atoms with E-state index in [4.69, 9.17) is 28.5 Å². The summed E-state index contributed by atoms with van der Waals surface area (Å²) in [5.41, 5.74) is 5.89. The van der Waals surface area contributed by atoms with Gasteiger partial charge in [0, 0.05) is 17.1 Å². The Labute approximate surface area is 295 Å². The van der Waals surface area contributed by atoms with Crippen LogP contribution < -0.4 is 14.2 Å². The van der Waals surface area contributed by atoms with E-state index in [2.05, 4.69) is 16.9 Å². The number of rotatable bonds is 15. The third kappa shape index (κ3) is 8.48. The van der Waals surface area contributed by atoms with E-state index in [1.807, 2.05) is 108 Å². The fraction of sp³-hybridized carbons (Fsp3) is 0.231. The molecule has 11 heteroatoms. The molecule has 256 valence electrons. The molecule has 0 unspecified atom stereocenters. The minimum atomic E-state index is -0.256. The number of aromatic nitrogens is 4. The lowest BCUT2D eigenvalue weighted by Crippen LogP contribution is -2.07. The van der Waals surface area contributed by atoms with Crippen LogP contribution in [-0.4, -0.2) is 39.4 Å². The maximum absolute atomic E-state index is 11.8. The summed E-state index contributed by atoms with van der Waals surface area (Å²) in [5.74, 6) is 2.50. The monoisotopic (exact) mass is 690 g/mol. The van der Waals surface area contributed by atoms with Crippen LogP contribution in [0.15, 0.2) is 88.8 Å². The van der Waals surface area contributed by atoms with Crippen molar-refractivity contribution < 1.29 is 28.2 Å². The molecule has 10 nitrogen and oxygen atoms in total. The van der Waals surface area contributed by atoms with Gasteiger partial charge in [-0.15, -0.1) is 16.4 Å². The third-order valence-electron chi connectivity index (χ3n) is 7.75. The summed E-state index contributed by atoms with van der Waals surface area (Å²) in [4.78, 5) is 21.1. The number of hydrogen-bond donors (Lipinski definition) is 0. The summed E-state index contributed by atoms with van der Waals surface area (Å²) in [7, 11) is 1.60. The number of para-hydroxylation sites is 1. The van der Waals surface area contributed by atoms with Crippen molar-refractivity contribution >= 4 is 29.5 Å². The molecule has 0 radical (unpaired) electrons. The largest absolute Gasteiger partial charge is 0.493 e. The Morgan fingerprint density at radius 3 is 2.46 bits per heavy atom. The summed E-state index contributed by atoms with van der Waals surface area (Å²) in [5, 5.41) is 7.89. The smallest absolute Gasteiger partial charge is 0.310 e. The molecule has 3 heterocycles. The van der Waals surface area contributed by atoms with Crippen molar-refractivity contribution in [2.75, 3.05) is 13.7 Å². The Hall–Kier alpha value is -5.68. The Morgan fingerprint density at radius 1 is 0.920 bits per heavy atom. The molecule has 0 atom stereocenters. The van der Waals surface area contributed by atoms with Gasteiger partial charge in [-0.1, -0.05) is 43.3 Å². The maximum Gasteiger partial charge on any atom is 0.310 e. The van der Waals surface area contributed by atoms with Gasteiger partial charge in [0.25, 0.3) is 0 Å². The fourth-order valence-electron chi connectivity index (χ4n) is 5.10. The first-order valence-corrected chi connectivity index (χ1v) is 17.2. The van der Waals surface area contributed by atoms with Gasteiger partial charge in [-0.25, -0.2) is 14.6 Å². The van der Waals surface area contributed by atoms with Crippen LogP contribution in [0.25, 0.3) is 29.3 Å². The molecule has 0 aliphatic heterocycles. The second-order valence-corrected chi connectivity index (χ2v) is 12.2. The zero-order chi connectivity index (χ0) is 34.9. The Bertz CT molecular complexity index is 2060. The third-order valence-corrected chi connectivity index (χ3v) is 8.76. The van der Waals surface area contributed by atoms with E-state index >= 15 is 0 Å². The van der Waals surface area contributed by atoms with Crippen LogP contribution in [-0.2, 0) is 35.6 Å². The van der Waals surface area contributed by atoms with E-state index in [9.17, 15) is 4.79 Å². The van der Waals surface area contributed by atoms with Gasteiger partial charge >= 0.3 is 5.97 Å². The topological polar surface area (TPSA) is 111 Å². The van der Waals surface area contributed by atoms with E-state index in [1.54, 1.807) is 25.4 Å². The van der Waals surface area contributed by atoms with Crippen LogP contribution in [0.2, 0.25) is 0 Å². The van der Waals surface area contributed by atoms with Crippen LogP contribution in [0.4, 0.5) is 0 Å². The van der Waals surface area contributed by atoms with Crippen LogP contribution >= 0.6 is 11.3 Å². The number of hydrogen-bond acceptors (Lipinski definition) is 10. The first-order chi connectivity index (χ1) is 24.4. The number of esters is 1. The lowest BCUT2D eigenvalue weighted by Gasteiger charge is -2.12.